The van der Waals surface area contributed by atoms with E-state index in [-0.39, 0.29) is 5.82 Å². The van der Waals surface area contributed by atoms with Crippen LogP contribution in [0, 0.1) is 5.82 Å². The molecular weight excluding hydrogens is 411 g/mol. The summed E-state index contributed by atoms with van der Waals surface area (Å²) in [6.45, 7) is 0.350. The smallest absolute Gasteiger partial charge is 0.209 e. The van der Waals surface area contributed by atoms with Crippen LogP contribution in [-0.4, -0.2) is 27.3 Å². The van der Waals surface area contributed by atoms with Crippen LogP contribution < -0.4 is 9.47 Å². The normalized spacial score (nSPS) is 10.8. The number of rotatable bonds is 8. The van der Waals surface area contributed by atoms with E-state index in [1.807, 2.05) is 29.6 Å². The van der Waals surface area contributed by atoms with Crippen LogP contribution in [0.5, 0.6) is 11.5 Å². The largest absolute Gasteiger partial charge is 0.497 e. The molecule has 4 rings (SSSR count). The fourth-order valence-corrected chi connectivity index (χ4v) is 3.99. The summed E-state index contributed by atoms with van der Waals surface area (Å²) in [5.41, 5.74) is 1.88. The van der Waals surface area contributed by atoms with Gasteiger partial charge in [0, 0.05) is 16.7 Å². The minimum absolute atomic E-state index is 0.284. The molecule has 4 aromatic rings. The number of benzene rings is 2. The van der Waals surface area contributed by atoms with E-state index in [4.69, 9.17) is 9.47 Å². The van der Waals surface area contributed by atoms with Crippen molar-refractivity contribution in [2.75, 3.05) is 7.11 Å². The first-order chi connectivity index (χ1) is 14.2. The summed E-state index contributed by atoms with van der Waals surface area (Å²) in [4.78, 5) is 9.08. The Morgan fingerprint density at radius 1 is 1.03 bits per heavy atom. The molecule has 0 aliphatic rings. The van der Waals surface area contributed by atoms with Crippen molar-refractivity contribution in [3.05, 3.63) is 70.4 Å². The maximum Gasteiger partial charge on any atom is 0.209 e. The number of halogens is 1. The van der Waals surface area contributed by atoms with Gasteiger partial charge in [0.15, 0.2) is 5.82 Å². The second-order valence-electron chi connectivity index (χ2n) is 5.96. The Kier molecular flexibility index (Phi) is 6.06. The average Bonchev–Trinajstić information content (AvgIpc) is 3.41. The molecule has 2 aromatic carbocycles. The third kappa shape index (κ3) is 5.12. The van der Waals surface area contributed by atoms with Crippen LogP contribution in [0.4, 0.5) is 4.39 Å². The lowest BCUT2D eigenvalue weighted by Gasteiger charge is -2.03. The summed E-state index contributed by atoms with van der Waals surface area (Å²) in [5.74, 6) is 2.50. The van der Waals surface area contributed by atoms with E-state index in [1.165, 1.54) is 35.2 Å². The third-order valence-corrected chi connectivity index (χ3v) is 5.70. The topological polar surface area (TPSA) is 72.9 Å². The Balaban J connectivity index is 1.30. The van der Waals surface area contributed by atoms with Crippen molar-refractivity contribution in [2.45, 2.75) is 17.5 Å². The zero-order valence-electron chi connectivity index (χ0n) is 15.5. The van der Waals surface area contributed by atoms with Gasteiger partial charge >= 0.3 is 0 Å². The zero-order valence-corrected chi connectivity index (χ0v) is 17.1. The first-order valence-electron chi connectivity index (χ1n) is 8.71. The van der Waals surface area contributed by atoms with Crippen LogP contribution in [0.3, 0.4) is 0 Å². The van der Waals surface area contributed by atoms with E-state index < -0.39 is 0 Å². The summed E-state index contributed by atoms with van der Waals surface area (Å²) in [7, 11) is 1.64. The number of ether oxygens (including phenoxy) is 2. The lowest BCUT2D eigenvalue weighted by Crippen LogP contribution is -1.95. The fourth-order valence-electron chi connectivity index (χ4n) is 2.48. The van der Waals surface area contributed by atoms with E-state index in [0.29, 0.717) is 29.1 Å². The maximum absolute atomic E-state index is 12.9. The minimum atomic E-state index is -0.284. The molecule has 0 fully saturated rings. The van der Waals surface area contributed by atoms with Crippen LogP contribution in [0.15, 0.2) is 59.1 Å². The van der Waals surface area contributed by atoms with Gasteiger partial charge in [-0.25, -0.2) is 14.4 Å². The fraction of sp³-hybridized carbons (Fsp3) is 0.150. The number of hydrogen-bond acceptors (Lipinski definition) is 7. The molecule has 6 nitrogen and oxygen atoms in total. The molecule has 0 atom stereocenters. The van der Waals surface area contributed by atoms with Gasteiger partial charge in [-0.05, 0) is 48.5 Å². The molecule has 0 aliphatic heterocycles. The number of thioether (sulfide) groups is 1. The molecule has 1 N–H and O–H groups in total. The van der Waals surface area contributed by atoms with Gasteiger partial charge in [0.05, 0.1) is 12.8 Å². The van der Waals surface area contributed by atoms with Crippen LogP contribution in [0.2, 0.25) is 0 Å². The predicted molar refractivity (Wildman–Crippen MR) is 111 cm³/mol. The van der Waals surface area contributed by atoms with E-state index in [2.05, 4.69) is 20.2 Å². The molecule has 0 saturated carbocycles. The second kappa shape index (κ2) is 9.06. The molecule has 0 radical (unpaired) electrons. The molecule has 148 valence electrons. The minimum Gasteiger partial charge on any atom is -0.497 e. The molecule has 2 aromatic heterocycles. The first kappa shape index (κ1) is 19.4. The van der Waals surface area contributed by atoms with Gasteiger partial charge in [0.2, 0.25) is 5.16 Å². The Morgan fingerprint density at radius 2 is 1.79 bits per heavy atom. The van der Waals surface area contributed by atoms with Crippen molar-refractivity contribution in [3.63, 3.8) is 0 Å². The van der Waals surface area contributed by atoms with Gasteiger partial charge < -0.3 is 9.47 Å². The molecular formula is C20H17FN4O2S2. The standard InChI is InChI=1S/C20H17FN4O2S2/c1-26-16-6-2-13(3-7-16)19-23-20(25-24-19)29-12-15-11-28-18(22-15)10-27-17-8-4-14(21)5-9-17/h2-9,11H,10,12H2,1H3,(H,23,24,25). The van der Waals surface area contributed by atoms with Crippen LogP contribution >= 0.6 is 23.1 Å². The Hall–Kier alpha value is -2.91. The van der Waals surface area contributed by atoms with E-state index in [9.17, 15) is 4.39 Å². The van der Waals surface area contributed by atoms with Gasteiger partial charge in [0.1, 0.15) is 28.9 Å². The lowest BCUT2D eigenvalue weighted by atomic mass is 10.2. The Morgan fingerprint density at radius 3 is 2.55 bits per heavy atom. The van der Waals surface area contributed by atoms with E-state index >= 15 is 0 Å². The molecule has 0 aliphatic carbocycles. The third-order valence-electron chi connectivity index (χ3n) is 3.95. The molecule has 0 spiro atoms. The zero-order chi connectivity index (χ0) is 20.1. The number of aromatic amines is 1. The molecule has 2 heterocycles. The van der Waals surface area contributed by atoms with E-state index in [0.717, 1.165) is 22.0 Å². The Bertz CT molecular complexity index is 1060. The average molecular weight is 429 g/mol. The van der Waals surface area contributed by atoms with Gasteiger partial charge in [0.25, 0.3) is 0 Å². The highest BCUT2D eigenvalue weighted by atomic mass is 32.2. The van der Waals surface area contributed by atoms with Crippen LogP contribution in [0.25, 0.3) is 11.4 Å². The lowest BCUT2D eigenvalue weighted by molar-refractivity contribution is 0.305. The summed E-state index contributed by atoms with van der Waals surface area (Å²) < 4.78 is 23.7. The highest BCUT2D eigenvalue weighted by Crippen LogP contribution is 2.25. The summed E-state index contributed by atoms with van der Waals surface area (Å²) >= 11 is 3.04. The number of thiazole rings is 1. The number of nitrogens with one attached hydrogen (secondary N) is 1. The Labute approximate surface area is 175 Å². The maximum atomic E-state index is 12.9. The van der Waals surface area contributed by atoms with E-state index in [1.54, 1.807) is 19.2 Å². The molecule has 0 bridgehead atoms. The summed E-state index contributed by atoms with van der Waals surface area (Å²) in [5, 5.41) is 10.7. The van der Waals surface area contributed by atoms with Gasteiger partial charge in [-0.2, -0.15) is 0 Å². The van der Waals surface area contributed by atoms with Crippen molar-refractivity contribution in [2.24, 2.45) is 0 Å². The SMILES string of the molecule is COc1ccc(-c2nc(SCc3csc(COc4ccc(F)cc4)n3)n[nH]2)cc1. The number of aromatic nitrogens is 4. The van der Waals surface area contributed by atoms with Crippen LogP contribution in [0.1, 0.15) is 10.7 Å². The summed E-state index contributed by atoms with van der Waals surface area (Å²) in [6, 6.07) is 13.6. The highest BCUT2D eigenvalue weighted by molar-refractivity contribution is 7.98. The molecule has 0 amide bonds. The van der Waals surface area contributed by atoms with Crippen molar-refractivity contribution < 1.29 is 13.9 Å². The number of hydrogen-bond donors (Lipinski definition) is 1. The first-order valence-corrected chi connectivity index (χ1v) is 10.6. The van der Waals surface area contributed by atoms with Crippen molar-refractivity contribution >= 4 is 23.1 Å². The molecule has 0 unspecified atom stereocenters. The molecule has 9 heteroatoms. The van der Waals surface area contributed by atoms with Crippen molar-refractivity contribution in [1.82, 2.24) is 20.2 Å². The van der Waals surface area contributed by atoms with Gasteiger partial charge in [-0.3, -0.25) is 5.10 Å². The molecule has 0 saturated heterocycles. The van der Waals surface area contributed by atoms with Crippen LogP contribution in [-0.2, 0) is 12.4 Å². The number of methoxy groups -OCH3 is 1. The number of H-pyrrole nitrogens is 1. The van der Waals surface area contributed by atoms with Crippen molar-refractivity contribution in [3.8, 4) is 22.9 Å². The monoisotopic (exact) mass is 428 g/mol. The second-order valence-corrected chi connectivity index (χ2v) is 7.84. The van der Waals surface area contributed by atoms with Crippen molar-refractivity contribution in [1.29, 1.82) is 0 Å². The predicted octanol–water partition coefficient (Wildman–Crippen LogP) is 4.95. The quantitative estimate of drug-likeness (QED) is 0.401. The number of nitrogens with zero attached hydrogens (tertiary/aromatic N) is 3. The highest BCUT2D eigenvalue weighted by Gasteiger charge is 2.09. The van der Waals surface area contributed by atoms with Gasteiger partial charge in [-0.1, -0.05) is 11.8 Å². The van der Waals surface area contributed by atoms with Gasteiger partial charge in [-0.15, -0.1) is 16.4 Å². The molecule has 29 heavy (non-hydrogen) atoms. The summed E-state index contributed by atoms with van der Waals surface area (Å²) in [6.07, 6.45) is 0.